The summed E-state index contributed by atoms with van der Waals surface area (Å²) in [5, 5.41) is 0. The van der Waals surface area contributed by atoms with Crippen molar-refractivity contribution >= 4 is 0 Å². The Labute approximate surface area is 84.1 Å². The van der Waals surface area contributed by atoms with Crippen LogP contribution in [0.25, 0.3) is 0 Å². The first-order chi connectivity index (χ1) is 5.70. The lowest BCUT2D eigenvalue weighted by atomic mass is 9.66. The monoisotopic (exact) mass is 180 g/mol. The van der Waals surface area contributed by atoms with Gasteiger partial charge in [-0.2, -0.15) is 0 Å². The first-order valence-electron chi connectivity index (χ1n) is 5.17. The van der Waals surface area contributed by atoms with Gasteiger partial charge in [-0.15, -0.1) is 12.3 Å². The van der Waals surface area contributed by atoms with Gasteiger partial charge in [0.15, 0.2) is 0 Å². The molecule has 0 radical (unpaired) electrons. The van der Waals surface area contributed by atoms with Gasteiger partial charge in [0.05, 0.1) is 0 Å². The molecule has 0 aromatic carbocycles. The molecule has 0 aliphatic carbocycles. The van der Waals surface area contributed by atoms with Gasteiger partial charge in [0, 0.05) is 5.92 Å². The highest BCUT2D eigenvalue weighted by Gasteiger charge is 2.32. The summed E-state index contributed by atoms with van der Waals surface area (Å²) in [6, 6.07) is 0. The molecule has 0 amide bonds. The van der Waals surface area contributed by atoms with Crippen LogP contribution in [-0.2, 0) is 0 Å². The van der Waals surface area contributed by atoms with Crippen molar-refractivity contribution < 1.29 is 0 Å². The van der Waals surface area contributed by atoms with Crippen molar-refractivity contribution in [3.8, 4) is 12.3 Å². The van der Waals surface area contributed by atoms with E-state index in [0.29, 0.717) is 16.7 Å². The molecule has 0 saturated heterocycles. The van der Waals surface area contributed by atoms with Crippen LogP contribution in [0.3, 0.4) is 0 Å². The Bertz CT molecular complexity index is 185. The van der Waals surface area contributed by atoms with Crippen LogP contribution in [-0.4, -0.2) is 0 Å². The molecule has 0 spiro atoms. The summed E-state index contributed by atoms with van der Waals surface area (Å²) in [6.07, 6.45) is 7.71. The second kappa shape index (κ2) is 4.18. The fraction of sp³-hybridized carbons (Fsp3) is 0.846. The van der Waals surface area contributed by atoms with E-state index in [1.54, 1.807) is 0 Å². The Morgan fingerprint density at radius 3 is 1.92 bits per heavy atom. The van der Waals surface area contributed by atoms with Crippen molar-refractivity contribution in [3.05, 3.63) is 0 Å². The molecule has 76 valence electrons. The first-order valence-corrected chi connectivity index (χ1v) is 5.17. The van der Waals surface area contributed by atoms with E-state index in [1.807, 2.05) is 0 Å². The molecule has 0 bridgehead atoms. The topological polar surface area (TPSA) is 0 Å². The third-order valence-corrected chi connectivity index (χ3v) is 3.52. The summed E-state index contributed by atoms with van der Waals surface area (Å²) in [5.41, 5.74) is 0.736. The van der Waals surface area contributed by atoms with Crippen LogP contribution in [0.1, 0.15) is 54.4 Å². The van der Waals surface area contributed by atoms with E-state index < -0.39 is 0 Å². The standard InChI is InChI=1S/C13H24/c1-8-11(2)9-10-13(6,7)12(3,4)5/h1,11H,9-10H2,2-7H3. The van der Waals surface area contributed by atoms with Crippen LogP contribution < -0.4 is 0 Å². The molecule has 13 heavy (non-hydrogen) atoms. The lowest BCUT2D eigenvalue weighted by Crippen LogP contribution is -2.29. The SMILES string of the molecule is C#CC(C)CCC(C)(C)C(C)(C)C. The van der Waals surface area contributed by atoms with Crippen molar-refractivity contribution in [2.45, 2.75) is 54.4 Å². The zero-order valence-electron chi connectivity index (χ0n) is 10.1. The van der Waals surface area contributed by atoms with Gasteiger partial charge < -0.3 is 0 Å². The van der Waals surface area contributed by atoms with Crippen LogP contribution in [0.4, 0.5) is 0 Å². The van der Waals surface area contributed by atoms with Gasteiger partial charge in [-0.3, -0.25) is 0 Å². The zero-order chi connectivity index (χ0) is 10.7. The summed E-state index contributed by atoms with van der Waals surface area (Å²) in [5.74, 6) is 3.21. The molecular weight excluding hydrogens is 156 g/mol. The van der Waals surface area contributed by atoms with Gasteiger partial charge in [0.25, 0.3) is 0 Å². The highest BCUT2D eigenvalue weighted by Crippen LogP contribution is 2.42. The molecule has 0 rings (SSSR count). The summed E-state index contributed by atoms with van der Waals surface area (Å²) < 4.78 is 0. The minimum absolute atomic E-state index is 0.362. The smallest absolute Gasteiger partial charge is 0.0172 e. The third kappa shape index (κ3) is 3.85. The maximum atomic E-state index is 5.36. The van der Waals surface area contributed by atoms with Crippen LogP contribution >= 0.6 is 0 Å². The molecular formula is C13H24. The fourth-order valence-corrected chi connectivity index (χ4v) is 1.04. The Morgan fingerprint density at radius 1 is 1.15 bits per heavy atom. The Hall–Kier alpha value is -0.440. The van der Waals surface area contributed by atoms with Crippen molar-refractivity contribution in [2.24, 2.45) is 16.7 Å². The molecule has 0 saturated carbocycles. The molecule has 0 N–H and O–H groups in total. The molecule has 1 unspecified atom stereocenters. The Balaban J connectivity index is 4.14. The predicted molar refractivity (Wildman–Crippen MR) is 60.5 cm³/mol. The normalized spacial score (nSPS) is 15.2. The predicted octanol–water partition coefficient (Wildman–Crippen LogP) is 4.11. The maximum absolute atomic E-state index is 5.36. The van der Waals surface area contributed by atoms with Crippen LogP contribution in [0.2, 0.25) is 0 Å². The second-order valence-corrected chi connectivity index (χ2v) is 5.74. The van der Waals surface area contributed by atoms with Crippen LogP contribution in [0, 0.1) is 29.1 Å². The number of terminal acetylenes is 1. The molecule has 0 aromatic rings. The molecule has 0 aromatic heterocycles. The van der Waals surface area contributed by atoms with Gasteiger partial charge in [-0.25, -0.2) is 0 Å². The van der Waals surface area contributed by atoms with E-state index in [2.05, 4.69) is 47.5 Å². The molecule has 0 aliphatic rings. The van der Waals surface area contributed by atoms with Crippen LogP contribution in [0.15, 0.2) is 0 Å². The number of hydrogen-bond acceptors (Lipinski definition) is 0. The third-order valence-electron chi connectivity index (χ3n) is 3.52. The van der Waals surface area contributed by atoms with Crippen molar-refractivity contribution in [2.75, 3.05) is 0 Å². The summed E-state index contributed by atoms with van der Waals surface area (Å²) in [4.78, 5) is 0. The highest BCUT2D eigenvalue weighted by atomic mass is 14.4. The van der Waals surface area contributed by atoms with E-state index in [1.165, 1.54) is 6.42 Å². The first kappa shape index (κ1) is 12.6. The van der Waals surface area contributed by atoms with Gasteiger partial charge >= 0.3 is 0 Å². The van der Waals surface area contributed by atoms with Gasteiger partial charge in [0.2, 0.25) is 0 Å². The van der Waals surface area contributed by atoms with Gasteiger partial charge in [-0.1, -0.05) is 41.5 Å². The number of rotatable bonds is 3. The average molecular weight is 180 g/mol. The molecule has 0 heterocycles. The molecule has 0 heteroatoms. The molecule has 0 fully saturated rings. The second-order valence-electron chi connectivity index (χ2n) is 5.74. The summed E-state index contributed by atoms with van der Waals surface area (Å²) >= 11 is 0. The van der Waals surface area contributed by atoms with Crippen molar-refractivity contribution in [3.63, 3.8) is 0 Å². The molecule has 0 nitrogen and oxygen atoms in total. The average Bonchev–Trinajstić information content (AvgIpc) is 1.98. The Kier molecular flexibility index (Phi) is 4.04. The fourth-order valence-electron chi connectivity index (χ4n) is 1.04. The van der Waals surface area contributed by atoms with Crippen molar-refractivity contribution in [1.29, 1.82) is 0 Å². The Morgan fingerprint density at radius 2 is 1.62 bits per heavy atom. The summed E-state index contributed by atoms with van der Waals surface area (Å²) in [6.45, 7) is 13.7. The largest absolute Gasteiger partial charge is 0.120 e. The van der Waals surface area contributed by atoms with Crippen LogP contribution in [0.5, 0.6) is 0 Å². The zero-order valence-corrected chi connectivity index (χ0v) is 10.1. The van der Waals surface area contributed by atoms with E-state index in [0.717, 1.165) is 6.42 Å². The van der Waals surface area contributed by atoms with E-state index in [9.17, 15) is 0 Å². The van der Waals surface area contributed by atoms with Gasteiger partial charge in [0.1, 0.15) is 0 Å². The maximum Gasteiger partial charge on any atom is 0.0172 e. The van der Waals surface area contributed by atoms with E-state index >= 15 is 0 Å². The minimum Gasteiger partial charge on any atom is -0.120 e. The lowest BCUT2D eigenvalue weighted by molar-refractivity contribution is 0.113. The quantitative estimate of drug-likeness (QED) is 0.573. The summed E-state index contributed by atoms with van der Waals surface area (Å²) in [7, 11) is 0. The molecule has 1 atom stereocenters. The minimum atomic E-state index is 0.362. The van der Waals surface area contributed by atoms with E-state index in [4.69, 9.17) is 6.42 Å². The lowest BCUT2D eigenvalue weighted by Gasteiger charge is -2.39. The van der Waals surface area contributed by atoms with E-state index in [-0.39, 0.29) is 0 Å². The van der Waals surface area contributed by atoms with Crippen molar-refractivity contribution in [1.82, 2.24) is 0 Å². The molecule has 0 aliphatic heterocycles. The van der Waals surface area contributed by atoms with Gasteiger partial charge in [-0.05, 0) is 23.7 Å². The number of hydrogen-bond donors (Lipinski definition) is 0. The highest BCUT2D eigenvalue weighted by molar-refractivity contribution is 4.92.